The van der Waals surface area contributed by atoms with Gasteiger partial charge in [-0.15, -0.1) is 11.3 Å². The highest BCUT2D eigenvalue weighted by Crippen LogP contribution is 2.38. The van der Waals surface area contributed by atoms with Crippen molar-refractivity contribution < 1.29 is 19.1 Å². The molecule has 0 fully saturated rings. The summed E-state index contributed by atoms with van der Waals surface area (Å²) < 4.78 is 11.2. The molecule has 166 valence electrons. The molecule has 0 radical (unpaired) electrons. The minimum absolute atomic E-state index is 0.180. The molecule has 2 heterocycles. The predicted molar refractivity (Wildman–Crippen MR) is 126 cm³/mol. The van der Waals surface area contributed by atoms with Crippen LogP contribution in [0.15, 0.2) is 41.8 Å². The van der Waals surface area contributed by atoms with Crippen molar-refractivity contribution in [2.45, 2.75) is 26.4 Å². The SMILES string of the molecule is CCC1Oc2ccc(-c3csc(C)n3)cc2N(CC(=O)Nc2cc(Cl)ccc2OC)C1=O. The van der Waals surface area contributed by atoms with Gasteiger partial charge in [-0.25, -0.2) is 4.98 Å². The van der Waals surface area contributed by atoms with Gasteiger partial charge in [0.2, 0.25) is 5.91 Å². The number of thiazole rings is 1. The van der Waals surface area contributed by atoms with E-state index in [1.165, 1.54) is 12.0 Å². The van der Waals surface area contributed by atoms with E-state index in [1.807, 2.05) is 37.4 Å². The third kappa shape index (κ3) is 4.42. The molecule has 1 aliphatic heterocycles. The standard InChI is InChI=1S/C23H22ClN3O4S/c1-4-19-23(29)27(11-22(28)26-16-10-15(24)6-8-20(16)30-3)18-9-14(5-7-21(18)31-19)17-12-32-13(2)25-17/h5-10,12,19H,4,11H2,1-3H3,(H,26,28). The van der Waals surface area contributed by atoms with E-state index in [4.69, 9.17) is 21.1 Å². The third-order valence-electron chi connectivity index (χ3n) is 5.08. The lowest BCUT2D eigenvalue weighted by Crippen LogP contribution is -2.48. The predicted octanol–water partition coefficient (Wildman–Crippen LogP) is 4.92. The first-order valence-electron chi connectivity index (χ1n) is 10.1. The lowest BCUT2D eigenvalue weighted by Gasteiger charge is -2.34. The number of carbonyl (C=O) groups is 2. The van der Waals surface area contributed by atoms with Crippen LogP contribution in [0.5, 0.6) is 11.5 Å². The first-order chi connectivity index (χ1) is 15.4. The fourth-order valence-corrected chi connectivity index (χ4v) is 4.31. The molecule has 1 aliphatic rings. The van der Waals surface area contributed by atoms with E-state index in [0.29, 0.717) is 34.3 Å². The molecule has 0 saturated heterocycles. The Bertz CT molecular complexity index is 1180. The highest BCUT2D eigenvalue weighted by Gasteiger charge is 2.35. The lowest BCUT2D eigenvalue weighted by molar-refractivity contribution is -0.128. The fourth-order valence-electron chi connectivity index (χ4n) is 3.51. The van der Waals surface area contributed by atoms with Crippen molar-refractivity contribution in [3.8, 4) is 22.8 Å². The van der Waals surface area contributed by atoms with Crippen LogP contribution in [0.4, 0.5) is 11.4 Å². The van der Waals surface area contributed by atoms with Crippen molar-refractivity contribution in [2.75, 3.05) is 23.9 Å². The van der Waals surface area contributed by atoms with Crippen LogP contribution in [0.2, 0.25) is 5.02 Å². The molecule has 4 rings (SSSR count). The van der Waals surface area contributed by atoms with Crippen LogP contribution in [0, 0.1) is 6.92 Å². The van der Waals surface area contributed by atoms with Crippen LogP contribution in [0.1, 0.15) is 18.4 Å². The number of anilines is 2. The molecule has 3 aromatic rings. The Hall–Kier alpha value is -3.10. The highest BCUT2D eigenvalue weighted by molar-refractivity contribution is 7.09. The van der Waals surface area contributed by atoms with Gasteiger partial charge in [0, 0.05) is 16.0 Å². The van der Waals surface area contributed by atoms with Gasteiger partial charge in [0.1, 0.15) is 18.0 Å². The van der Waals surface area contributed by atoms with Gasteiger partial charge in [-0.05, 0) is 49.7 Å². The topological polar surface area (TPSA) is 80.8 Å². The maximum absolute atomic E-state index is 13.1. The lowest BCUT2D eigenvalue weighted by atomic mass is 10.1. The van der Waals surface area contributed by atoms with Gasteiger partial charge in [0.25, 0.3) is 5.91 Å². The van der Waals surface area contributed by atoms with Crippen LogP contribution >= 0.6 is 22.9 Å². The van der Waals surface area contributed by atoms with E-state index >= 15 is 0 Å². The van der Waals surface area contributed by atoms with Crippen LogP contribution < -0.4 is 19.7 Å². The molecule has 1 N–H and O–H groups in total. The molecule has 2 amide bonds. The Morgan fingerprint density at radius 2 is 2.12 bits per heavy atom. The second kappa shape index (κ2) is 9.18. The number of hydrogen-bond donors (Lipinski definition) is 1. The van der Waals surface area contributed by atoms with Crippen molar-refractivity contribution in [1.82, 2.24) is 4.98 Å². The Morgan fingerprint density at radius 1 is 1.31 bits per heavy atom. The maximum atomic E-state index is 13.1. The Balaban J connectivity index is 1.64. The Kier molecular flexibility index (Phi) is 6.34. The number of amides is 2. The summed E-state index contributed by atoms with van der Waals surface area (Å²) in [6, 6.07) is 10.5. The summed E-state index contributed by atoms with van der Waals surface area (Å²) >= 11 is 7.61. The van der Waals surface area contributed by atoms with E-state index < -0.39 is 6.10 Å². The van der Waals surface area contributed by atoms with Gasteiger partial charge >= 0.3 is 0 Å². The van der Waals surface area contributed by atoms with Gasteiger partial charge in [0.15, 0.2) is 6.10 Å². The highest BCUT2D eigenvalue weighted by atomic mass is 35.5. The minimum atomic E-state index is -0.650. The summed E-state index contributed by atoms with van der Waals surface area (Å²) in [7, 11) is 1.51. The summed E-state index contributed by atoms with van der Waals surface area (Å²) in [5.74, 6) is 0.390. The molecular weight excluding hydrogens is 450 g/mol. The smallest absolute Gasteiger partial charge is 0.268 e. The number of rotatable bonds is 6. The first kappa shape index (κ1) is 22.1. The molecule has 1 unspecified atom stereocenters. The van der Waals surface area contributed by atoms with E-state index in [0.717, 1.165) is 16.3 Å². The summed E-state index contributed by atoms with van der Waals surface area (Å²) in [6.07, 6.45) is -0.158. The number of nitrogens with zero attached hydrogens (tertiary/aromatic N) is 2. The van der Waals surface area contributed by atoms with Crippen LogP contribution in [-0.2, 0) is 9.59 Å². The molecule has 1 atom stereocenters. The monoisotopic (exact) mass is 471 g/mol. The molecule has 0 saturated carbocycles. The van der Waals surface area contributed by atoms with Gasteiger partial charge in [0.05, 0.1) is 29.2 Å². The van der Waals surface area contributed by atoms with Gasteiger partial charge in [-0.1, -0.05) is 18.5 Å². The quantitative estimate of drug-likeness (QED) is 0.551. The van der Waals surface area contributed by atoms with E-state index in [1.54, 1.807) is 29.5 Å². The molecule has 0 spiro atoms. The van der Waals surface area contributed by atoms with E-state index in [-0.39, 0.29) is 18.4 Å². The second-order valence-corrected chi connectivity index (χ2v) is 8.76. The maximum Gasteiger partial charge on any atom is 0.268 e. The van der Waals surface area contributed by atoms with Crippen LogP contribution in [-0.4, -0.2) is 36.6 Å². The number of methoxy groups -OCH3 is 1. The Labute approximate surface area is 194 Å². The molecule has 0 aliphatic carbocycles. The largest absolute Gasteiger partial charge is 0.495 e. The summed E-state index contributed by atoms with van der Waals surface area (Å²) in [6.45, 7) is 3.63. The van der Waals surface area contributed by atoms with E-state index in [9.17, 15) is 9.59 Å². The third-order valence-corrected chi connectivity index (χ3v) is 6.09. The second-order valence-electron chi connectivity index (χ2n) is 7.27. The number of benzene rings is 2. The van der Waals surface area contributed by atoms with Gasteiger partial charge < -0.3 is 14.8 Å². The molecule has 0 bridgehead atoms. The Morgan fingerprint density at radius 3 is 2.81 bits per heavy atom. The first-order valence-corrected chi connectivity index (χ1v) is 11.3. The van der Waals surface area contributed by atoms with Crippen molar-refractivity contribution in [3.05, 3.63) is 51.8 Å². The van der Waals surface area contributed by atoms with Crippen molar-refractivity contribution in [2.24, 2.45) is 0 Å². The van der Waals surface area contributed by atoms with Crippen molar-refractivity contribution in [3.63, 3.8) is 0 Å². The number of carbonyl (C=O) groups excluding carboxylic acids is 2. The zero-order chi connectivity index (χ0) is 22.8. The zero-order valence-electron chi connectivity index (χ0n) is 17.8. The number of ether oxygens (including phenoxy) is 2. The number of hydrogen-bond acceptors (Lipinski definition) is 6. The average Bonchev–Trinajstić information content (AvgIpc) is 3.21. The zero-order valence-corrected chi connectivity index (χ0v) is 19.4. The number of fused-ring (bicyclic) bond motifs is 1. The van der Waals surface area contributed by atoms with E-state index in [2.05, 4.69) is 10.3 Å². The number of aromatic nitrogens is 1. The molecule has 9 heteroatoms. The van der Waals surface area contributed by atoms with Crippen molar-refractivity contribution >= 4 is 46.1 Å². The molecule has 7 nitrogen and oxygen atoms in total. The van der Waals surface area contributed by atoms with Crippen LogP contribution in [0.3, 0.4) is 0 Å². The number of aryl methyl sites for hydroxylation is 1. The summed E-state index contributed by atoms with van der Waals surface area (Å²) in [5.41, 5.74) is 2.63. The molecule has 32 heavy (non-hydrogen) atoms. The molecule has 1 aromatic heterocycles. The number of halogens is 1. The van der Waals surface area contributed by atoms with Crippen LogP contribution in [0.25, 0.3) is 11.3 Å². The summed E-state index contributed by atoms with van der Waals surface area (Å²) in [4.78, 5) is 32.0. The minimum Gasteiger partial charge on any atom is -0.495 e. The van der Waals surface area contributed by atoms with Gasteiger partial charge in [-0.2, -0.15) is 0 Å². The average molecular weight is 472 g/mol. The number of nitrogens with one attached hydrogen (secondary N) is 1. The van der Waals surface area contributed by atoms with Gasteiger partial charge in [-0.3, -0.25) is 14.5 Å². The molecule has 2 aromatic carbocycles. The van der Waals surface area contributed by atoms with Crippen molar-refractivity contribution in [1.29, 1.82) is 0 Å². The normalized spacial score (nSPS) is 15.2. The fraction of sp³-hybridized carbons (Fsp3) is 0.261. The molecular formula is C23H22ClN3O4S. The summed E-state index contributed by atoms with van der Waals surface area (Å²) in [5, 5.41) is 6.16.